The molecule has 0 aliphatic heterocycles. The summed E-state index contributed by atoms with van der Waals surface area (Å²) in [6.07, 6.45) is 4.70. The van der Waals surface area contributed by atoms with Crippen LogP contribution in [0.15, 0.2) is 59.8 Å². The lowest BCUT2D eigenvalue weighted by Crippen LogP contribution is -2.51. The number of benzene rings is 1. The van der Waals surface area contributed by atoms with Gasteiger partial charge >= 0.3 is 0 Å². The Morgan fingerprint density at radius 1 is 1.13 bits per heavy atom. The molecule has 2 aromatic heterocycles. The molecule has 2 N–H and O–H groups in total. The van der Waals surface area contributed by atoms with E-state index in [1.165, 1.54) is 23.1 Å². The van der Waals surface area contributed by atoms with Crippen LogP contribution in [0.4, 0.5) is 0 Å². The van der Waals surface area contributed by atoms with Crippen LogP contribution in [-0.2, 0) is 19.9 Å². The molecule has 3 aromatic rings. The van der Waals surface area contributed by atoms with Crippen LogP contribution in [0.3, 0.4) is 0 Å². The number of nitrogens with zero attached hydrogens (tertiary/aromatic N) is 4. The number of pyridine rings is 1. The minimum atomic E-state index is -4.56. The van der Waals surface area contributed by atoms with Gasteiger partial charge in [0.1, 0.15) is 0 Å². The fourth-order valence-corrected chi connectivity index (χ4v) is 3.80. The average molecular weight is 431 g/mol. The second-order valence-corrected chi connectivity index (χ2v) is 8.69. The number of sulfonamides is 1. The Bertz CT molecular complexity index is 1200. The maximum absolute atomic E-state index is 12.6. The molecule has 0 unspecified atom stereocenters. The van der Waals surface area contributed by atoms with Crippen LogP contribution in [0, 0.1) is 0 Å². The van der Waals surface area contributed by atoms with Gasteiger partial charge in [0.15, 0.2) is 0 Å². The van der Waals surface area contributed by atoms with Crippen molar-refractivity contribution in [2.75, 3.05) is 0 Å². The average Bonchev–Trinajstić information content (AvgIpc) is 3.22. The summed E-state index contributed by atoms with van der Waals surface area (Å²) >= 11 is 0. The van der Waals surface area contributed by atoms with Crippen molar-refractivity contribution >= 4 is 15.9 Å². The molecule has 0 bridgehead atoms. The van der Waals surface area contributed by atoms with Crippen molar-refractivity contribution in [2.24, 2.45) is 0 Å². The van der Waals surface area contributed by atoms with Gasteiger partial charge in [-0.3, -0.25) is 14.2 Å². The number of aromatic nitrogens is 4. The van der Waals surface area contributed by atoms with Crippen LogP contribution in [0.2, 0.25) is 0 Å². The molecule has 0 aliphatic rings. The van der Waals surface area contributed by atoms with Crippen molar-refractivity contribution in [1.82, 2.24) is 24.3 Å². The van der Waals surface area contributed by atoms with Gasteiger partial charge in [-0.1, -0.05) is 19.1 Å². The molecule has 0 radical (unpaired) electrons. The summed E-state index contributed by atoms with van der Waals surface area (Å²) in [5.74, 6) is -0.755. The largest absolute Gasteiger partial charge is 0.357 e. The molecule has 3 rings (SSSR count). The van der Waals surface area contributed by atoms with E-state index < -0.39 is 26.5 Å². The summed E-state index contributed by atoms with van der Waals surface area (Å²) in [5.41, 5.74) is 1.21. The fourth-order valence-electron chi connectivity index (χ4n) is 2.79. The monoisotopic (exact) mass is 431 g/mol. The summed E-state index contributed by atoms with van der Waals surface area (Å²) in [6.45, 7) is 2.65. The smallest absolute Gasteiger partial charge is 0.285 e. The number of hydrogen-bond donors (Lipinski definition) is 2. The summed E-state index contributed by atoms with van der Waals surface area (Å²) < 4.78 is 27.3. The van der Waals surface area contributed by atoms with E-state index in [0.717, 1.165) is 12.6 Å². The molecular formula is C19H21N5O5S. The van der Waals surface area contributed by atoms with Gasteiger partial charge in [-0.2, -0.15) is 15.0 Å². The number of hydrogen-bond acceptors (Lipinski definition) is 7. The van der Waals surface area contributed by atoms with Crippen LogP contribution < -0.4 is 10.3 Å². The topological polar surface area (TPSA) is 136 Å². The minimum absolute atomic E-state index is 0.0206. The number of nitrogens with one attached hydrogen (secondary N) is 1. The molecule has 30 heavy (non-hydrogen) atoms. The van der Waals surface area contributed by atoms with Gasteiger partial charge < -0.3 is 5.11 Å². The Hall–Kier alpha value is -3.31. The van der Waals surface area contributed by atoms with Gasteiger partial charge in [0, 0.05) is 25.6 Å². The SMILES string of the molecule is CCCC(=O)NS(=O)(=O)[C@@](C)(O)n1ccc(-c2ccc(-n3nccn3)cc2)cc1=O. The van der Waals surface area contributed by atoms with Crippen LogP contribution in [-0.4, -0.2) is 39.0 Å². The van der Waals surface area contributed by atoms with Crippen molar-refractivity contribution in [3.63, 3.8) is 0 Å². The van der Waals surface area contributed by atoms with E-state index in [0.29, 0.717) is 22.1 Å². The molecule has 0 spiro atoms. The van der Waals surface area contributed by atoms with Crippen LogP contribution >= 0.6 is 0 Å². The van der Waals surface area contributed by atoms with Crippen molar-refractivity contribution in [2.45, 2.75) is 31.7 Å². The summed E-state index contributed by atoms with van der Waals surface area (Å²) in [7, 11) is -4.56. The number of amides is 1. The lowest BCUT2D eigenvalue weighted by atomic mass is 10.1. The van der Waals surface area contributed by atoms with Crippen LogP contribution in [0.25, 0.3) is 16.8 Å². The van der Waals surface area contributed by atoms with E-state index in [1.807, 2.05) is 0 Å². The molecule has 10 nitrogen and oxygen atoms in total. The first-order valence-corrected chi connectivity index (χ1v) is 10.6. The quantitative estimate of drug-likeness (QED) is 0.569. The van der Waals surface area contributed by atoms with Crippen molar-refractivity contribution in [3.8, 4) is 16.8 Å². The first-order chi connectivity index (χ1) is 14.2. The highest BCUT2D eigenvalue weighted by molar-refractivity contribution is 7.90. The molecule has 2 heterocycles. The van der Waals surface area contributed by atoms with E-state index in [1.54, 1.807) is 48.3 Å². The third-order valence-electron chi connectivity index (χ3n) is 4.45. The Morgan fingerprint density at radius 3 is 2.33 bits per heavy atom. The molecule has 158 valence electrons. The Balaban J connectivity index is 1.89. The first-order valence-electron chi connectivity index (χ1n) is 9.13. The van der Waals surface area contributed by atoms with Gasteiger partial charge in [-0.25, -0.2) is 13.1 Å². The normalized spacial score (nSPS) is 13.6. The lowest BCUT2D eigenvalue weighted by molar-refractivity contribution is -0.119. The zero-order valence-electron chi connectivity index (χ0n) is 16.4. The maximum Gasteiger partial charge on any atom is 0.285 e. The highest BCUT2D eigenvalue weighted by Crippen LogP contribution is 2.22. The summed E-state index contributed by atoms with van der Waals surface area (Å²) in [6, 6.07) is 9.77. The van der Waals surface area contributed by atoms with E-state index in [2.05, 4.69) is 10.2 Å². The molecule has 0 aliphatic carbocycles. The second kappa shape index (κ2) is 8.20. The standard InChI is InChI=1S/C19H21N5O5S/c1-3-4-17(25)22-30(28,29)19(2,27)23-12-9-15(13-18(23)26)14-5-7-16(8-6-14)24-20-10-11-21-24/h5-13,27H,3-4H2,1-2H3,(H,22,25)/t19-/m1/s1. The minimum Gasteiger partial charge on any atom is -0.357 e. The molecule has 1 amide bonds. The van der Waals surface area contributed by atoms with E-state index in [9.17, 15) is 23.1 Å². The molecular weight excluding hydrogens is 410 g/mol. The molecule has 0 fully saturated rings. The molecule has 0 saturated heterocycles. The van der Waals surface area contributed by atoms with Gasteiger partial charge in [0.25, 0.3) is 20.6 Å². The fraction of sp³-hybridized carbons (Fsp3) is 0.263. The van der Waals surface area contributed by atoms with Gasteiger partial charge in [-0.15, -0.1) is 0 Å². The Kier molecular flexibility index (Phi) is 5.85. The third kappa shape index (κ3) is 4.16. The van der Waals surface area contributed by atoms with Gasteiger partial charge in [-0.05, 0) is 35.7 Å². The Labute approximate surface area is 172 Å². The van der Waals surface area contributed by atoms with E-state index in [-0.39, 0.29) is 6.42 Å². The maximum atomic E-state index is 12.6. The number of carbonyl (C=O) groups is 1. The molecule has 11 heteroatoms. The highest BCUT2D eigenvalue weighted by Gasteiger charge is 2.40. The van der Waals surface area contributed by atoms with E-state index >= 15 is 0 Å². The van der Waals surface area contributed by atoms with E-state index in [4.69, 9.17) is 0 Å². The molecule has 0 saturated carbocycles. The summed E-state index contributed by atoms with van der Waals surface area (Å²) in [4.78, 5) is 25.7. The Morgan fingerprint density at radius 2 is 1.77 bits per heavy atom. The second-order valence-electron chi connectivity index (χ2n) is 6.70. The molecule has 1 atom stereocenters. The van der Waals surface area contributed by atoms with Crippen molar-refractivity contribution < 1.29 is 18.3 Å². The van der Waals surface area contributed by atoms with Crippen molar-refractivity contribution in [1.29, 1.82) is 0 Å². The number of rotatable bonds is 7. The van der Waals surface area contributed by atoms with Crippen LogP contribution in [0.5, 0.6) is 0 Å². The van der Waals surface area contributed by atoms with Crippen LogP contribution in [0.1, 0.15) is 26.7 Å². The predicted octanol–water partition coefficient (Wildman–Crippen LogP) is 0.965. The zero-order valence-corrected chi connectivity index (χ0v) is 17.2. The summed E-state index contributed by atoms with van der Waals surface area (Å²) in [5, 5.41) is 16.0. The molecule has 1 aromatic carbocycles. The first kappa shape index (κ1) is 21.4. The van der Waals surface area contributed by atoms with Gasteiger partial charge in [0.05, 0.1) is 18.1 Å². The lowest BCUT2D eigenvalue weighted by Gasteiger charge is -2.26. The highest BCUT2D eigenvalue weighted by atomic mass is 32.2. The van der Waals surface area contributed by atoms with Crippen molar-refractivity contribution in [3.05, 3.63) is 65.3 Å². The predicted molar refractivity (Wildman–Crippen MR) is 109 cm³/mol. The zero-order chi connectivity index (χ0) is 21.9. The number of aliphatic hydroxyl groups is 1. The number of carbonyl (C=O) groups excluding carboxylic acids is 1. The van der Waals surface area contributed by atoms with Gasteiger partial charge in [0.2, 0.25) is 5.91 Å². The third-order valence-corrected chi connectivity index (χ3v) is 6.16.